The van der Waals surface area contributed by atoms with E-state index < -0.39 is 10.2 Å². The summed E-state index contributed by atoms with van der Waals surface area (Å²) in [5, 5.41) is 0. The Kier molecular flexibility index (Phi) is 5.18. The van der Waals surface area contributed by atoms with Gasteiger partial charge in [-0.1, -0.05) is 42.5 Å². The molecule has 0 aromatic heterocycles. The molecule has 1 aliphatic heterocycles. The molecule has 5 nitrogen and oxygen atoms in total. The first-order valence-electron chi connectivity index (χ1n) is 8.01. The number of rotatable bonds is 5. The minimum Gasteiger partial charge on any atom is -0.497 e. The molecular formula is C18H22N2O3S. The Bertz CT molecular complexity index is 778. The second-order valence-electron chi connectivity index (χ2n) is 5.87. The maximum atomic E-state index is 12.9. The van der Waals surface area contributed by atoms with Crippen LogP contribution in [0.15, 0.2) is 54.6 Å². The number of benzene rings is 2. The monoisotopic (exact) mass is 346 g/mol. The van der Waals surface area contributed by atoms with E-state index in [0.717, 1.165) is 23.3 Å². The van der Waals surface area contributed by atoms with Crippen LogP contribution >= 0.6 is 0 Å². The Morgan fingerprint density at radius 2 is 1.54 bits per heavy atom. The lowest BCUT2D eigenvalue weighted by Crippen LogP contribution is -2.48. The van der Waals surface area contributed by atoms with Crippen LogP contribution in [0.5, 0.6) is 5.75 Å². The van der Waals surface area contributed by atoms with Gasteiger partial charge in [0.1, 0.15) is 5.75 Å². The standard InChI is InChI=1S/C18H22N2O3S/c1-23-18-10-5-9-17(13-18)15-20-12-6-11-19(24(20,21)22)14-16-7-3-2-4-8-16/h2-5,7-10,13H,6,11-12,14-15H2,1H3. The van der Waals surface area contributed by atoms with Crippen molar-refractivity contribution in [3.05, 3.63) is 65.7 Å². The van der Waals surface area contributed by atoms with Gasteiger partial charge in [0.2, 0.25) is 0 Å². The second-order valence-corrected chi connectivity index (χ2v) is 7.79. The van der Waals surface area contributed by atoms with Crippen molar-refractivity contribution in [2.45, 2.75) is 19.5 Å². The van der Waals surface area contributed by atoms with Crippen LogP contribution in [0.2, 0.25) is 0 Å². The van der Waals surface area contributed by atoms with Crippen LogP contribution in [-0.4, -0.2) is 37.2 Å². The molecular weight excluding hydrogens is 324 g/mol. The summed E-state index contributed by atoms with van der Waals surface area (Å²) in [4.78, 5) is 0. The van der Waals surface area contributed by atoms with E-state index in [2.05, 4.69) is 0 Å². The summed E-state index contributed by atoms with van der Waals surface area (Å²) in [5.74, 6) is 0.739. The molecule has 1 saturated heterocycles. The molecule has 1 aliphatic rings. The minimum absolute atomic E-state index is 0.366. The van der Waals surface area contributed by atoms with E-state index in [9.17, 15) is 8.42 Å². The summed E-state index contributed by atoms with van der Waals surface area (Å²) < 4.78 is 34.1. The van der Waals surface area contributed by atoms with Crippen molar-refractivity contribution in [2.24, 2.45) is 0 Å². The van der Waals surface area contributed by atoms with Crippen molar-refractivity contribution in [2.75, 3.05) is 20.2 Å². The van der Waals surface area contributed by atoms with Gasteiger partial charge >= 0.3 is 0 Å². The highest BCUT2D eigenvalue weighted by molar-refractivity contribution is 7.86. The van der Waals surface area contributed by atoms with Crippen LogP contribution in [-0.2, 0) is 23.3 Å². The quantitative estimate of drug-likeness (QED) is 0.836. The van der Waals surface area contributed by atoms with E-state index in [0.29, 0.717) is 26.2 Å². The normalized spacial score (nSPS) is 18.4. The SMILES string of the molecule is COc1cccc(CN2CCCN(Cc3ccccc3)S2(=O)=O)c1. The molecule has 128 valence electrons. The zero-order valence-corrected chi connectivity index (χ0v) is 14.6. The van der Waals surface area contributed by atoms with Gasteiger partial charge in [0.25, 0.3) is 10.2 Å². The van der Waals surface area contributed by atoms with Crippen molar-refractivity contribution in [3.8, 4) is 5.75 Å². The van der Waals surface area contributed by atoms with Crippen molar-refractivity contribution < 1.29 is 13.2 Å². The number of ether oxygens (including phenoxy) is 1. The maximum absolute atomic E-state index is 12.9. The third-order valence-electron chi connectivity index (χ3n) is 4.16. The van der Waals surface area contributed by atoms with Gasteiger partial charge in [-0.15, -0.1) is 0 Å². The van der Waals surface area contributed by atoms with Crippen LogP contribution in [0.25, 0.3) is 0 Å². The van der Waals surface area contributed by atoms with Gasteiger partial charge in [0, 0.05) is 26.2 Å². The highest BCUT2D eigenvalue weighted by Crippen LogP contribution is 2.22. The Labute approximate surface area is 143 Å². The third-order valence-corrected chi connectivity index (χ3v) is 6.09. The van der Waals surface area contributed by atoms with Gasteiger partial charge in [0.05, 0.1) is 7.11 Å². The van der Waals surface area contributed by atoms with E-state index in [1.54, 1.807) is 15.7 Å². The summed E-state index contributed by atoms with van der Waals surface area (Å²) >= 11 is 0. The number of methoxy groups -OCH3 is 1. The zero-order valence-electron chi connectivity index (χ0n) is 13.8. The summed E-state index contributed by atoms with van der Waals surface area (Å²) in [6.07, 6.45) is 0.829. The minimum atomic E-state index is -3.45. The molecule has 2 aromatic rings. The predicted octanol–water partition coefficient (Wildman–Crippen LogP) is 2.65. The van der Waals surface area contributed by atoms with Gasteiger partial charge in [-0.25, -0.2) is 0 Å². The Hall–Kier alpha value is -1.89. The van der Waals surface area contributed by atoms with Gasteiger partial charge in [-0.05, 0) is 29.7 Å². The Morgan fingerprint density at radius 1 is 0.917 bits per heavy atom. The molecule has 0 bridgehead atoms. The lowest BCUT2D eigenvalue weighted by Gasteiger charge is -2.34. The van der Waals surface area contributed by atoms with E-state index in [1.807, 2.05) is 54.6 Å². The first-order valence-corrected chi connectivity index (χ1v) is 9.41. The lowest BCUT2D eigenvalue weighted by atomic mass is 10.2. The third kappa shape index (κ3) is 3.77. The molecule has 0 atom stereocenters. The molecule has 24 heavy (non-hydrogen) atoms. The first kappa shape index (κ1) is 17.0. The van der Waals surface area contributed by atoms with Gasteiger partial charge < -0.3 is 4.74 Å². The molecule has 1 heterocycles. The molecule has 0 saturated carbocycles. The molecule has 0 amide bonds. The van der Waals surface area contributed by atoms with Crippen molar-refractivity contribution in [1.82, 2.24) is 8.61 Å². The highest BCUT2D eigenvalue weighted by atomic mass is 32.2. The molecule has 1 fully saturated rings. The van der Waals surface area contributed by atoms with Crippen LogP contribution in [0, 0.1) is 0 Å². The molecule has 3 rings (SSSR count). The highest BCUT2D eigenvalue weighted by Gasteiger charge is 2.33. The molecule has 6 heteroatoms. The number of hydrogen-bond donors (Lipinski definition) is 0. The van der Waals surface area contributed by atoms with Gasteiger partial charge in [0.15, 0.2) is 0 Å². The van der Waals surface area contributed by atoms with Crippen molar-refractivity contribution in [1.29, 1.82) is 0 Å². The maximum Gasteiger partial charge on any atom is 0.282 e. The van der Waals surface area contributed by atoms with Gasteiger partial charge in [-0.2, -0.15) is 17.0 Å². The Morgan fingerprint density at radius 3 is 2.21 bits per heavy atom. The second kappa shape index (κ2) is 7.34. The Balaban J connectivity index is 1.76. The predicted molar refractivity (Wildman–Crippen MR) is 93.8 cm³/mol. The molecule has 0 radical (unpaired) electrons. The molecule has 0 spiro atoms. The average molecular weight is 346 g/mol. The van der Waals surface area contributed by atoms with Gasteiger partial charge in [-0.3, -0.25) is 0 Å². The number of hydrogen-bond acceptors (Lipinski definition) is 3. The summed E-state index contributed by atoms with van der Waals surface area (Å²) in [7, 11) is -1.84. The fourth-order valence-corrected chi connectivity index (χ4v) is 4.57. The smallest absolute Gasteiger partial charge is 0.282 e. The fourth-order valence-electron chi connectivity index (χ4n) is 2.90. The van der Waals surface area contributed by atoms with Crippen LogP contribution < -0.4 is 4.74 Å². The van der Waals surface area contributed by atoms with Crippen molar-refractivity contribution >= 4 is 10.2 Å². The first-order chi connectivity index (χ1) is 11.6. The summed E-state index contributed by atoms with van der Waals surface area (Å²) in [6.45, 7) is 1.89. The molecule has 0 N–H and O–H groups in total. The van der Waals surface area contributed by atoms with E-state index in [4.69, 9.17) is 4.74 Å². The van der Waals surface area contributed by atoms with E-state index in [1.165, 1.54) is 0 Å². The zero-order chi connectivity index (χ0) is 17.0. The average Bonchev–Trinajstić information content (AvgIpc) is 2.60. The topological polar surface area (TPSA) is 49.9 Å². The molecule has 0 unspecified atom stereocenters. The summed E-state index contributed by atoms with van der Waals surface area (Å²) in [5.41, 5.74) is 1.93. The van der Waals surface area contributed by atoms with Crippen LogP contribution in [0.3, 0.4) is 0 Å². The van der Waals surface area contributed by atoms with E-state index in [-0.39, 0.29) is 0 Å². The van der Waals surface area contributed by atoms with Crippen molar-refractivity contribution in [3.63, 3.8) is 0 Å². The summed E-state index contributed by atoms with van der Waals surface area (Å²) in [6, 6.07) is 17.2. The van der Waals surface area contributed by atoms with Crippen LogP contribution in [0.4, 0.5) is 0 Å². The molecule has 0 aliphatic carbocycles. The molecule has 2 aromatic carbocycles. The fraction of sp³-hybridized carbons (Fsp3) is 0.333. The van der Waals surface area contributed by atoms with E-state index >= 15 is 0 Å². The number of nitrogens with zero attached hydrogens (tertiary/aromatic N) is 2. The largest absolute Gasteiger partial charge is 0.497 e. The lowest BCUT2D eigenvalue weighted by molar-refractivity contribution is 0.275. The van der Waals surface area contributed by atoms with Crippen LogP contribution in [0.1, 0.15) is 17.5 Å².